The molecule has 0 radical (unpaired) electrons. The number of rotatable bonds is 6. The molecule has 2 rings (SSSR count). The van der Waals surface area contributed by atoms with Crippen LogP contribution in [0, 0.1) is 0 Å². The van der Waals surface area contributed by atoms with Gasteiger partial charge in [0.15, 0.2) is 0 Å². The van der Waals surface area contributed by atoms with Crippen LogP contribution < -0.4 is 4.72 Å². The third kappa shape index (κ3) is 4.56. The molecule has 20 heavy (non-hydrogen) atoms. The molecule has 1 aliphatic heterocycles. The van der Waals surface area contributed by atoms with Crippen LogP contribution >= 0.6 is 0 Å². The molecule has 1 fully saturated rings. The van der Waals surface area contributed by atoms with Crippen molar-refractivity contribution in [2.24, 2.45) is 0 Å². The second kappa shape index (κ2) is 7.17. The molecule has 0 amide bonds. The van der Waals surface area contributed by atoms with E-state index in [-0.39, 0.29) is 6.04 Å². The molecule has 1 aromatic carbocycles. The van der Waals surface area contributed by atoms with Crippen molar-refractivity contribution in [1.29, 1.82) is 0 Å². The third-order valence-corrected chi connectivity index (χ3v) is 5.11. The number of benzene rings is 1. The van der Waals surface area contributed by atoms with Gasteiger partial charge in [-0.1, -0.05) is 30.3 Å². The van der Waals surface area contributed by atoms with E-state index < -0.39 is 10.2 Å². The first-order valence-corrected chi connectivity index (χ1v) is 8.41. The summed E-state index contributed by atoms with van der Waals surface area (Å²) in [5.41, 5.74) is 1.23. The second-order valence-electron chi connectivity index (χ2n) is 5.06. The molecular weight excluding hydrogens is 276 g/mol. The van der Waals surface area contributed by atoms with Gasteiger partial charge in [0, 0.05) is 19.1 Å². The molecule has 1 atom stereocenters. The van der Waals surface area contributed by atoms with Crippen LogP contribution in [0.3, 0.4) is 0 Å². The molecule has 0 spiro atoms. The van der Waals surface area contributed by atoms with Crippen LogP contribution in [0.4, 0.5) is 0 Å². The van der Waals surface area contributed by atoms with Gasteiger partial charge in [0.05, 0.1) is 13.2 Å². The summed E-state index contributed by atoms with van der Waals surface area (Å²) in [7, 11) is -3.38. The quantitative estimate of drug-likeness (QED) is 0.858. The Morgan fingerprint density at radius 3 is 2.55 bits per heavy atom. The summed E-state index contributed by atoms with van der Waals surface area (Å²) in [6, 6.07) is 10.0. The fourth-order valence-electron chi connectivity index (χ4n) is 2.20. The van der Waals surface area contributed by atoms with Crippen molar-refractivity contribution in [3.05, 3.63) is 35.9 Å². The maximum Gasteiger partial charge on any atom is 0.279 e. The Kier molecular flexibility index (Phi) is 5.54. The summed E-state index contributed by atoms with van der Waals surface area (Å²) >= 11 is 0. The van der Waals surface area contributed by atoms with Gasteiger partial charge >= 0.3 is 0 Å². The van der Waals surface area contributed by atoms with Crippen LogP contribution in [0.25, 0.3) is 0 Å². The van der Waals surface area contributed by atoms with Gasteiger partial charge in [-0.15, -0.1) is 0 Å². The number of nitrogens with one attached hydrogen (secondary N) is 1. The second-order valence-corrected chi connectivity index (χ2v) is 6.76. The summed E-state index contributed by atoms with van der Waals surface area (Å²) in [6.07, 6.45) is 1.65. The standard InChI is InChI=1S/C14H22N2O3S/c1-13(7-8-14-5-3-2-4-6-14)15-20(17,18)16-9-11-19-12-10-16/h2-6,13,15H,7-12H2,1H3/t13-/m0/s1. The topological polar surface area (TPSA) is 58.6 Å². The smallest absolute Gasteiger partial charge is 0.279 e. The predicted octanol–water partition coefficient (Wildman–Crippen LogP) is 1.17. The minimum absolute atomic E-state index is 0.0805. The van der Waals surface area contributed by atoms with Gasteiger partial charge in [-0.2, -0.15) is 17.4 Å². The first-order chi connectivity index (χ1) is 9.58. The van der Waals surface area contributed by atoms with Crippen molar-refractivity contribution in [2.75, 3.05) is 26.3 Å². The Bertz CT molecular complexity index is 498. The normalized spacial score (nSPS) is 18.9. The largest absolute Gasteiger partial charge is 0.379 e. The van der Waals surface area contributed by atoms with E-state index in [9.17, 15) is 8.42 Å². The number of aryl methyl sites for hydroxylation is 1. The Balaban J connectivity index is 1.82. The number of nitrogens with zero attached hydrogens (tertiary/aromatic N) is 1. The number of morpholine rings is 1. The summed E-state index contributed by atoms with van der Waals surface area (Å²) in [4.78, 5) is 0. The summed E-state index contributed by atoms with van der Waals surface area (Å²) in [6.45, 7) is 3.71. The van der Waals surface area contributed by atoms with E-state index in [0.29, 0.717) is 26.3 Å². The lowest BCUT2D eigenvalue weighted by Gasteiger charge is -2.27. The first-order valence-electron chi connectivity index (χ1n) is 6.97. The highest BCUT2D eigenvalue weighted by Crippen LogP contribution is 2.08. The minimum Gasteiger partial charge on any atom is -0.379 e. The Morgan fingerprint density at radius 2 is 1.90 bits per heavy atom. The molecule has 0 bridgehead atoms. The van der Waals surface area contributed by atoms with Crippen LogP contribution in [-0.4, -0.2) is 45.1 Å². The Hall–Kier alpha value is -0.950. The SMILES string of the molecule is C[C@@H](CCc1ccccc1)NS(=O)(=O)N1CCOCC1. The fraction of sp³-hybridized carbons (Fsp3) is 0.571. The van der Waals surface area contributed by atoms with E-state index in [0.717, 1.165) is 12.8 Å². The molecule has 1 aliphatic rings. The highest BCUT2D eigenvalue weighted by Gasteiger charge is 2.25. The van der Waals surface area contributed by atoms with Crippen molar-refractivity contribution < 1.29 is 13.2 Å². The van der Waals surface area contributed by atoms with Crippen molar-refractivity contribution in [1.82, 2.24) is 9.03 Å². The molecule has 0 aromatic heterocycles. The van der Waals surface area contributed by atoms with E-state index in [1.54, 1.807) is 0 Å². The first kappa shape index (κ1) is 15.4. The monoisotopic (exact) mass is 298 g/mol. The van der Waals surface area contributed by atoms with Crippen LogP contribution in [-0.2, 0) is 21.4 Å². The zero-order chi connectivity index (χ0) is 14.4. The van der Waals surface area contributed by atoms with Crippen LogP contribution in [0.1, 0.15) is 18.9 Å². The van der Waals surface area contributed by atoms with Crippen molar-refractivity contribution >= 4 is 10.2 Å². The third-order valence-electron chi connectivity index (χ3n) is 3.37. The highest BCUT2D eigenvalue weighted by molar-refractivity contribution is 7.87. The highest BCUT2D eigenvalue weighted by atomic mass is 32.2. The van der Waals surface area contributed by atoms with Gasteiger partial charge in [-0.05, 0) is 25.3 Å². The molecule has 6 heteroatoms. The molecule has 0 saturated carbocycles. The summed E-state index contributed by atoms with van der Waals surface area (Å²) in [5, 5.41) is 0. The zero-order valence-electron chi connectivity index (χ0n) is 11.8. The van der Waals surface area contributed by atoms with Gasteiger partial charge in [0.2, 0.25) is 0 Å². The number of hydrogen-bond acceptors (Lipinski definition) is 3. The average molecular weight is 298 g/mol. The van der Waals surface area contributed by atoms with Crippen LogP contribution in [0.5, 0.6) is 0 Å². The lowest BCUT2D eigenvalue weighted by atomic mass is 10.1. The summed E-state index contributed by atoms with van der Waals surface area (Å²) < 4.78 is 33.7. The summed E-state index contributed by atoms with van der Waals surface area (Å²) in [5.74, 6) is 0. The molecule has 112 valence electrons. The van der Waals surface area contributed by atoms with Crippen molar-refractivity contribution in [3.63, 3.8) is 0 Å². The Labute approximate surface area is 121 Å². The van der Waals surface area contributed by atoms with E-state index in [4.69, 9.17) is 4.74 Å². The molecule has 1 heterocycles. The van der Waals surface area contributed by atoms with Crippen LogP contribution in [0.15, 0.2) is 30.3 Å². The lowest BCUT2D eigenvalue weighted by molar-refractivity contribution is 0.0723. The van der Waals surface area contributed by atoms with E-state index >= 15 is 0 Å². The lowest BCUT2D eigenvalue weighted by Crippen LogP contribution is -2.49. The molecule has 0 aliphatic carbocycles. The van der Waals surface area contributed by atoms with Gasteiger partial charge in [0.1, 0.15) is 0 Å². The molecule has 5 nitrogen and oxygen atoms in total. The Morgan fingerprint density at radius 1 is 1.25 bits per heavy atom. The minimum atomic E-state index is -3.38. The predicted molar refractivity (Wildman–Crippen MR) is 78.7 cm³/mol. The zero-order valence-corrected chi connectivity index (χ0v) is 12.6. The molecule has 1 saturated heterocycles. The van der Waals surface area contributed by atoms with Gasteiger partial charge < -0.3 is 4.74 Å². The van der Waals surface area contributed by atoms with Gasteiger partial charge in [-0.3, -0.25) is 0 Å². The average Bonchev–Trinajstić information content (AvgIpc) is 2.47. The maximum atomic E-state index is 12.2. The van der Waals surface area contributed by atoms with Crippen LogP contribution in [0.2, 0.25) is 0 Å². The van der Waals surface area contributed by atoms with E-state index in [1.807, 2.05) is 25.1 Å². The molecule has 1 aromatic rings. The number of hydrogen-bond donors (Lipinski definition) is 1. The van der Waals surface area contributed by atoms with Crippen molar-refractivity contribution in [3.8, 4) is 0 Å². The fourth-order valence-corrected chi connectivity index (χ4v) is 3.61. The van der Waals surface area contributed by atoms with Crippen molar-refractivity contribution in [2.45, 2.75) is 25.8 Å². The van der Waals surface area contributed by atoms with Gasteiger partial charge in [0.25, 0.3) is 10.2 Å². The maximum absolute atomic E-state index is 12.2. The molecular formula is C14H22N2O3S. The molecule has 1 N–H and O–H groups in total. The molecule has 0 unspecified atom stereocenters. The number of ether oxygens (including phenoxy) is 1. The van der Waals surface area contributed by atoms with Gasteiger partial charge in [-0.25, -0.2) is 0 Å². The van der Waals surface area contributed by atoms with E-state index in [1.165, 1.54) is 9.87 Å². The van der Waals surface area contributed by atoms with E-state index in [2.05, 4.69) is 16.9 Å².